The van der Waals surface area contributed by atoms with Crippen LogP contribution < -0.4 is 0 Å². The zero-order valence-corrected chi connectivity index (χ0v) is 8.96. The lowest BCUT2D eigenvalue weighted by Gasteiger charge is -2.07. The minimum absolute atomic E-state index is 0.118. The van der Waals surface area contributed by atoms with Crippen molar-refractivity contribution >= 4 is 31.9 Å². The van der Waals surface area contributed by atoms with Gasteiger partial charge in [0.2, 0.25) is 5.95 Å². The van der Waals surface area contributed by atoms with Crippen molar-refractivity contribution in [3.05, 3.63) is 26.7 Å². The van der Waals surface area contributed by atoms with E-state index in [1.165, 1.54) is 0 Å². The molecule has 1 aromatic heterocycles. The number of rotatable bonds is 0. The number of hydrogen-bond donors (Lipinski definition) is 0. The minimum atomic E-state index is -4.65. The standard InChI is InChI=1S/C6HBr2F4N/c7-2-1-3(8)5(9)13-4(2)6(10,11)12/h1H. The lowest BCUT2D eigenvalue weighted by molar-refractivity contribution is -0.142. The highest BCUT2D eigenvalue weighted by molar-refractivity contribution is 9.11. The number of nitrogens with zero attached hydrogens (tertiary/aromatic N) is 1. The van der Waals surface area contributed by atoms with Crippen LogP contribution in [0.5, 0.6) is 0 Å². The van der Waals surface area contributed by atoms with E-state index in [9.17, 15) is 17.6 Å². The first-order valence-electron chi connectivity index (χ1n) is 2.91. The fourth-order valence-electron chi connectivity index (χ4n) is 0.643. The molecular weight excluding hydrogens is 322 g/mol. The van der Waals surface area contributed by atoms with Gasteiger partial charge >= 0.3 is 6.18 Å². The molecule has 0 saturated heterocycles. The first kappa shape index (κ1) is 10.9. The van der Waals surface area contributed by atoms with E-state index >= 15 is 0 Å². The summed E-state index contributed by atoms with van der Waals surface area (Å²) < 4.78 is 48.5. The highest BCUT2D eigenvalue weighted by Gasteiger charge is 2.35. The van der Waals surface area contributed by atoms with Gasteiger partial charge in [-0.15, -0.1) is 0 Å². The molecule has 0 radical (unpaired) electrons. The first-order valence-corrected chi connectivity index (χ1v) is 4.49. The van der Waals surface area contributed by atoms with Gasteiger partial charge < -0.3 is 0 Å². The molecule has 72 valence electrons. The van der Waals surface area contributed by atoms with Gasteiger partial charge in [0.05, 0.1) is 4.47 Å². The molecule has 0 unspecified atom stereocenters. The molecule has 0 spiro atoms. The van der Waals surface area contributed by atoms with Gasteiger partial charge in [0.25, 0.3) is 0 Å². The summed E-state index contributed by atoms with van der Waals surface area (Å²) in [6.45, 7) is 0. The zero-order valence-electron chi connectivity index (χ0n) is 5.79. The predicted octanol–water partition coefficient (Wildman–Crippen LogP) is 3.76. The van der Waals surface area contributed by atoms with Gasteiger partial charge in [0.15, 0.2) is 5.69 Å². The second-order valence-corrected chi connectivity index (χ2v) is 3.80. The van der Waals surface area contributed by atoms with Gasteiger partial charge in [-0.1, -0.05) is 0 Å². The molecule has 0 amide bonds. The van der Waals surface area contributed by atoms with Crippen LogP contribution in [-0.2, 0) is 6.18 Å². The van der Waals surface area contributed by atoms with Crippen molar-refractivity contribution in [2.45, 2.75) is 6.18 Å². The fourth-order valence-corrected chi connectivity index (χ4v) is 1.81. The molecule has 0 aromatic carbocycles. The van der Waals surface area contributed by atoms with Gasteiger partial charge in [0.1, 0.15) is 0 Å². The van der Waals surface area contributed by atoms with Crippen molar-refractivity contribution in [3.63, 3.8) is 0 Å². The summed E-state index contributed by atoms with van der Waals surface area (Å²) in [5, 5.41) is 0. The van der Waals surface area contributed by atoms with Crippen molar-refractivity contribution < 1.29 is 17.6 Å². The maximum absolute atomic E-state index is 12.6. The van der Waals surface area contributed by atoms with E-state index in [4.69, 9.17) is 0 Å². The molecule has 0 fully saturated rings. The van der Waals surface area contributed by atoms with Crippen LogP contribution in [-0.4, -0.2) is 4.98 Å². The van der Waals surface area contributed by atoms with Crippen molar-refractivity contribution in [1.29, 1.82) is 0 Å². The van der Waals surface area contributed by atoms with Crippen LogP contribution in [0.4, 0.5) is 17.6 Å². The van der Waals surface area contributed by atoms with Crippen molar-refractivity contribution in [2.24, 2.45) is 0 Å². The van der Waals surface area contributed by atoms with Gasteiger partial charge in [-0.3, -0.25) is 0 Å². The molecule has 1 rings (SSSR count). The van der Waals surface area contributed by atoms with Crippen LogP contribution in [0.25, 0.3) is 0 Å². The van der Waals surface area contributed by atoms with Crippen molar-refractivity contribution in [1.82, 2.24) is 4.98 Å². The number of hydrogen-bond acceptors (Lipinski definition) is 1. The van der Waals surface area contributed by atoms with Crippen LogP contribution in [0.15, 0.2) is 15.0 Å². The molecule has 0 N–H and O–H groups in total. The largest absolute Gasteiger partial charge is 0.434 e. The lowest BCUT2D eigenvalue weighted by atomic mass is 10.3. The smallest absolute Gasteiger partial charge is 0.213 e. The summed E-state index contributed by atoms with van der Waals surface area (Å²) in [7, 11) is 0. The predicted molar refractivity (Wildman–Crippen MR) is 44.6 cm³/mol. The normalized spacial score (nSPS) is 11.8. The quantitative estimate of drug-likeness (QED) is 0.523. The Morgan fingerprint density at radius 2 is 1.69 bits per heavy atom. The van der Waals surface area contributed by atoms with Crippen LogP contribution in [0.2, 0.25) is 0 Å². The zero-order chi connectivity index (χ0) is 10.2. The van der Waals surface area contributed by atoms with E-state index in [-0.39, 0.29) is 8.95 Å². The molecule has 1 heterocycles. The van der Waals surface area contributed by atoms with Gasteiger partial charge in [-0.2, -0.15) is 17.6 Å². The Balaban J connectivity index is 3.32. The van der Waals surface area contributed by atoms with Crippen LogP contribution in [0.3, 0.4) is 0 Å². The summed E-state index contributed by atoms with van der Waals surface area (Å²) in [6.07, 6.45) is -4.65. The third-order valence-electron chi connectivity index (χ3n) is 1.16. The van der Waals surface area contributed by atoms with Crippen LogP contribution in [0, 0.1) is 5.95 Å². The minimum Gasteiger partial charge on any atom is -0.213 e. The molecule has 0 saturated carbocycles. The second kappa shape index (κ2) is 3.53. The van der Waals surface area contributed by atoms with E-state index in [0.717, 1.165) is 6.07 Å². The van der Waals surface area contributed by atoms with Crippen LogP contribution >= 0.6 is 31.9 Å². The van der Waals surface area contributed by atoms with E-state index in [2.05, 4.69) is 36.8 Å². The Hall–Kier alpha value is -0.170. The second-order valence-electron chi connectivity index (χ2n) is 2.09. The molecule has 0 atom stereocenters. The van der Waals surface area contributed by atoms with Gasteiger partial charge in [0, 0.05) is 4.47 Å². The summed E-state index contributed by atoms with van der Waals surface area (Å²) in [4.78, 5) is 2.76. The highest BCUT2D eigenvalue weighted by Crippen LogP contribution is 2.34. The maximum atomic E-state index is 12.6. The van der Waals surface area contributed by atoms with Gasteiger partial charge in [-0.05, 0) is 37.9 Å². The molecule has 1 aromatic rings. The first-order chi connectivity index (χ1) is 5.82. The van der Waals surface area contributed by atoms with E-state index in [1.54, 1.807) is 0 Å². The molecular formula is C6HBr2F4N. The molecule has 0 aliphatic carbocycles. The van der Waals surface area contributed by atoms with E-state index in [0.29, 0.717) is 0 Å². The monoisotopic (exact) mass is 321 g/mol. The Kier molecular flexibility index (Phi) is 2.96. The topological polar surface area (TPSA) is 12.9 Å². The fraction of sp³-hybridized carbons (Fsp3) is 0.167. The molecule has 13 heavy (non-hydrogen) atoms. The third kappa shape index (κ3) is 2.40. The summed E-state index contributed by atoms with van der Waals surface area (Å²) in [5.41, 5.74) is -1.27. The lowest BCUT2D eigenvalue weighted by Crippen LogP contribution is -2.10. The molecule has 0 bridgehead atoms. The van der Waals surface area contributed by atoms with E-state index < -0.39 is 17.8 Å². The average molecular weight is 323 g/mol. The third-order valence-corrected chi connectivity index (χ3v) is 2.32. The SMILES string of the molecule is Fc1nc(C(F)(F)F)c(Br)cc1Br. The Bertz CT molecular complexity index is 336. The Labute approximate surface area is 87.4 Å². The number of pyridine rings is 1. The molecule has 7 heteroatoms. The molecule has 0 aliphatic rings. The van der Waals surface area contributed by atoms with Crippen LogP contribution in [0.1, 0.15) is 5.69 Å². The van der Waals surface area contributed by atoms with E-state index in [1.807, 2.05) is 0 Å². The number of alkyl halides is 3. The summed E-state index contributed by atoms with van der Waals surface area (Å²) in [6, 6.07) is 0.963. The summed E-state index contributed by atoms with van der Waals surface area (Å²) in [5.74, 6) is -1.18. The average Bonchev–Trinajstić information content (AvgIpc) is 1.94. The van der Waals surface area contributed by atoms with Gasteiger partial charge in [-0.25, -0.2) is 4.98 Å². The Morgan fingerprint density at radius 1 is 1.15 bits per heavy atom. The maximum Gasteiger partial charge on any atom is 0.434 e. The summed E-state index contributed by atoms with van der Waals surface area (Å²) >= 11 is 5.35. The molecule has 1 nitrogen and oxygen atoms in total. The Morgan fingerprint density at radius 3 is 2.15 bits per heavy atom. The molecule has 0 aliphatic heterocycles. The number of aromatic nitrogens is 1. The van der Waals surface area contributed by atoms with Crippen molar-refractivity contribution in [3.8, 4) is 0 Å². The number of halogens is 6. The highest BCUT2D eigenvalue weighted by atomic mass is 79.9. The van der Waals surface area contributed by atoms with Crippen molar-refractivity contribution in [2.75, 3.05) is 0 Å².